The summed E-state index contributed by atoms with van der Waals surface area (Å²) in [6.45, 7) is 15.9. The number of rotatable bonds is 0. The van der Waals surface area contributed by atoms with E-state index in [1.165, 1.54) is 15.3 Å². The maximum absolute atomic E-state index is 8.49. The van der Waals surface area contributed by atoms with Crippen molar-refractivity contribution in [1.82, 2.24) is 0 Å². The van der Waals surface area contributed by atoms with Crippen LogP contribution in [0.4, 0.5) is 0 Å². The summed E-state index contributed by atoms with van der Waals surface area (Å²) in [4.78, 5) is 2.89. The molecule has 1 heterocycles. The molecule has 0 aliphatic carbocycles. The Bertz CT molecular complexity index is 404. The molecule has 0 bridgehead atoms. The second kappa shape index (κ2) is 6.64. The highest BCUT2D eigenvalue weighted by molar-refractivity contribution is 7.11. The molecule has 0 spiro atoms. The van der Waals surface area contributed by atoms with E-state index in [4.69, 9.17) is 18.6 Å². The molecule has 0 saturated heterocycles. The summed E-state index contributed by atoms with van der Waals surface area (Å²) in [6.07, 6.45) is 0. The van der Waals surface area contributed by atoms with Crippen molar-refractivity contribution >= 4 is 11.3 Å². The van der Waals surface area contributed by atoms with Crippen LogP contribution in [0.15, 0.2) is 12.1 Å². The summed E-state index contributed by atoms with van der Waals surface area (Å²) >= 11 is 1.91. The van der Waals surface area contributed by atoms with Gasteiger partial charge in [0.05, 0.1) is 0 Å². The van der Waals surface area contributed by atoms with E-state index in [2.05, 4.69) is 60.6 Å². The van der Waals surface area contributed by atoms with Crippen LogP contribution in [0.25, 0.3) is 0 Å². The molecule has 6 heteroatoms. The van der Waals surface area contributed by atoms with E-state index < -0.39 is 10.2 Å². The van der Waals surface area contributed by atoms with Crippen LogP contribution in [0.3, 0.4) is 0 Å². The Morgan fingerprint density at radius 1 is 0.850 bits per heavy atom. The molecule has 0 unspecified atom stereocenters. The molecule has 0 aromatic carbocycles. The zero-order valence-electron chi connectivity index (χ0n) is 13.1. The third kappa shape index (κ3) is 8.79. The fourth-order valence-corrected chi connectivity index (χ4v) is 2.46. The van der Waals surface area contributed by atoms with Crippen LogP contribution < -0.4 is 18.6 Å². The van der Waals surface area contributed by atoms with Crippen molar-refractivity contribution in [1.29, 1.82) is 0 Å². The second-order valence-electron chi connectivity index (χ2n) is 6.70. The molecule has 0 radical (unpaired) electrons. The SMILES string of the molecule is Cc1cc(C(C)(C)C)cc(C(C)(C)C)[s+]1.[O-][Cl+3]([O-])([O-])[O-]. The fraction of sp³-hybridized carbons (Fsp3) is 0.643. The van der Waals surface area contributed by atoms with Crippen molar-refractivity contribution in [2.75, 3.05) is 0 Å². The van der Waals surface area contributed by atoms with Gasteiger partial charge < -0.3 is 0 Å². The van der Waals surface area contributed by atoms with E-state index in [9.17, 15) is 0 Å². The van der Waals surface area contributed by atoms with Crippen molar-refractivity contribution in [2.45, 2.75) is 59.3 Å². The highest BCUT2D eigenvalue weighted by Crippen LogP contribution is 2.33. The van der Waals surface area contributed by atoms with Crippen LogP contribution >= 0.6 is 11.3 Å². The van der Waals surface area contributed by atoms with Gasteiger partial charge in [0.2, 0.25) is 21.1 Å². The van der Waals surface area contributed by atoms with Gasteiger partial charge in [0.25, 0.3) is 0 Å². The molecule has 0 atom stereocenters. The quantitative estimate of drug-likeness (QED) is 0.637. The van der Waals surface area contributed by atoms with Crippen molar-refractivity contribution < 1.29 is 28.9 Å². The summed E-state index contributed by atoms with van der Waals surface area (Å²) in [5, 5.41) is 0. The molecule has 0 saturated carbocycles. The summed E-state index contributed by atoms with van der Waals surface area (Å²) < 4.78 is 34.0. The molecular formula is C14H23ClO4S. The van der Waals surface area contributed by atoms with Crippen LogP contribution in [0, 0.1) is 17.2 Å². The molecule has 0 amide bonds. The van der Waals surface area contributed by atoms with Gasteiger partial charge in [-0.2, -0.15) is 0 Å². The first-order valence-electron chi connectivity index (χ1n) is 6.18. The lowest BCUT2D eigenvalue weighted by Crippen LogP contribution is -2.68. The number of hydrogen-bond acceptors (Lipinski definition) is 4. The first-order valence-corrected chi connectivity index (χ1v) is 8.23. The monoisotopic (exact) mass is 322 g/mol. The largest absolute Gasteiger partial charge is 0.222 e. The normalized spacial score (nSPS) is 12.8. The van der Waals surface area contributed by atoms with E-state index in [1.54, 1.807) is 0 Å². The predicted octanol–water partition coefficient (Wildman–Crippen LogP) is 0.177. The number of hydrogen-bond donors (Lipinski definition) is 0. The molecule has 116 valence electrons. The van der Waals surface area contributed by atoms with E-state index in [0.29, 0.717) is 0 Å². The molecule has 1 rings (SSSR count). The van der Waals surface area contributed by atoms with Crippen LogP contribution in [-0.2, 0) is 10.8 Å². The maximum Gasteiger partial charge on any atom is 0.218 e. The van der Waals surface area contributed by atoms with Gasteiger partial charge in [-0.15, -0.1) is 10.2 Å². The third-order valence-corrected chi connectivity index (χ3v) is 3.91. The Balaban J connectivity index is 0.000000621. The first-order chi connectivity index (χ1) is 8.60. The molecule has 20 heavy (non-hydrogen) atoms. The molecule has 0 fully saturated rings. The summed E-state index contributed by atoms with van der Waals surface area (Å²) in [7, 11) is -4.94. The molecule has 4 nitrogen and oxygen atoms in total. The standard InChI is InChI=1S/C14H23S.ClHO4/c1-10-8-11(13(2,3)4)9-12(15-10)14(5,6)7;2-1(3,4)5/h8-9H,1-7H3;(H,2,3,4,5)/q+1;/p-1. The van der Waals surface area contributed by atoms with Crippen LogP contribution in [-0.4, -0.2) is 0 Å². The van der Waals surface area contributed by atoms with Crippen LogP contribution in [0.2, 0.25) is 0 Å². The molecule has 0 aliphatic heterocycles. The Kier molecular flexibility index (Phi) is 6.54. The predicted molar refractivity (Wildman–Crippen MR) is 70.9 cm³/mol. The first kappa shape index (κ1) is 19.7. The number of aryl methyl sites for hydroxylation is 1. The zero-order chi connectivity index (χ0) is 16.4. The molecule has 0 aliphatic rings. The van der Waals surface area contributed by atoms with E-state index >= 15 is 0 Å². The lowest BCUT2D eigenvalue weighted by Gasteiger charge is -2.20. The average molecular weight is 323 g/mol. The Labute approximate surface area is 127 Å². The van der Waals surface area contributed by atoms with Gasteiger partial charge in [-0.05, 0) is 11.0 Å². The van der Waals surface area contributed by atoms with Crippen LogP contribution in [0.5, 0.6) is 0 Å². The van der Waals surface area contributed by atoms with Gasteiger partial charge in [0, 0.05) is 24.5 Å². The molecule has 1 aromatic heterocycles. The minimum absolute atomic E-state index is 0.249. The lowest BCUT2D eigenvalue weighted by molar-refractivity contribution is -2.00. The fourth-order valence-electron chi connectivity index (χ4n) is 1.44. The van der Waals surface area contributed by atoms with Gasteiger partial charge in [0.15, 0.2) is 0 Å². The van der Waals surface area contributed by atoms with Crippen molar-refractivity contribution in [3.8, 4) is 0 Å². The van der Waals surface area contributed by atoms with Crippen molar-refractivity contribution in [3.63, 3.8) is 0 Å². The van der Waals surface area contributed by atoms with Gasteiger partial charge in [-0.25, -0.2) is 18.6 Å². The van der Waals surface area contributed by atoms with Crippen LogP contribution in [0.1, 0.15) is 56.9 Å². The van der Waals surface area contributed by atoms with Crippen molar-refractivity contribution in [3.05, 3.63) is 27.5 Å². The summed E-state index contributed by atoms with van der Waals surface area (Å²) in [6, 6.07) is 4.69. The lowest BCUT2D eigenvalue weighted by atomic mass is 9.85. The molecular weight excluding hydrogens is 300 g/mol. The van der Waals surface area contributed by atoms with Crippen molar-refractivity contribution in [2.24, 2.45) is 0 Å². The highest BCUT2D eigenvalue weighted by atomic mass is 35.7. The Hall–Kier alpha value is -0.300. The topological polar surface area (TPSA) is 92.2 Å². The van der Waals surface area contributed by atoms with Gasteiger partial charge >= 0.3 is 0 Å². The van der Waals surface area contributed by atoms with Gasteiger partial charge in [-0.3, -0.25) is 0 Å². The zero-order valence-corrected chi connectivity index (χ0v) is 14.6. The summed E-state index contributed by atoms with van der Waals surface area (Å²) in [5.74, 6) is 0. The maximum atomic E-state index is 8.49. The smallest absolute Gasteiger partial charge is 0.218 e. The third-order valence-electron chi connectivity index (χ3n) is 2.52. The van der Waals surface area contributed by atoms with E-state index in [0.717, 1.165) is 0 Å². The molecule has 0 N–H and O–H groups in total. The average Bonchev–Trinajstić information content (AvgIpc) is 2.10. The van der Waals surface area contributed by atoms with E-state index in [-0.39, 0.29) is 10.8 Å². The highest BCUT2D eigenvalue weighted by Gasteiger charge is 2.28. The Morgan fingerprint density at radius 3 is 1.55 bits per heavy atom. The minimum atomic E-state index is -4.94. The van der Waals surface area contributed by atoms with Gasteiger partial charge in [-0.1, -0.05) is 41.5 Å². The minimum Gasteiger partial charge on any atom is -0.222 e. The summed E-state index contributed by atoms with van der Waals surface area (Å²) in [5.41, 5.74) is 1.96. The molecule has 1 aromatic rings. The van der Waals surface area contributed by atoms with E-state index in [1.807, 2.05) is 11.3 Å². The Morgan fingerprint density at radius 2 is 1.25 bits per heavy atom. The number of halogens is 1. The van der Waals surface area contributed by atoms with Gasteiger partial charge in [0.1, 0.15) is 0 Å². The second-order valence-corrected chi connectivity index (χ2v) is 8.74.